The van der Waals surface area contributed by atoms with Crippen LogP contribution in [0.1, 0.15) is 11.1 Å². The SMILES string of the molecule is Cc1c(CN2CCN(c3cnccn3)CC2)cc(Cl)c2cccnc12. The number of anilines is 1. The minimum atomic E-state index is 0.780. The van der Waals surface area contributed by atoms with E-state index in [2.05, 4.69) is 37.7 Å². The Bertz CT molecular complexity index is 876. The minimum absolute atomic E-state index is 0.780. The van der Waals surface area contributed by atoms with Gasteiger partial charge in [0.1, 0.15) is 5.82 Å². The maximum Gasteiger partial charge on any atom is 0.147 e. The van der Waals surface area contributed by atoms with Crippen molar-refractivity contribution >= 4 is 28.3 Å². The molecule has 0 aliphatic carbocycles. The van der Waals surface area contributed by atoms with Gasteiger partial charge < -0.3 is 4.90 Å². The van der Waals surface area contributed by atoms with Crippen molar-refractivity contribution in [3.63, 3.8) is 0 Å². The molecule has 6 heteroatoms. The van der Waals surface area contributed by atoms with E-state index < -0.39 is 0 Å². The van der Waals surface area contributed by atoms with Gasteiger partial charge in [-0.2, -0.15) is 0 Å². The number of pyridine rings is 1. The number of aryl methyl sites for hydroxylation is 1. The average molecular weight is 354 g/mol. The highest BCUT2D eigenvalue weighted by molar-refractivity contribution is 6.35. The quantitative estimate of drug-likeness (QED) is 0.722. The summed E-state index contributed by atoms with van der Waals surface area (Å²) in [5.74, 6) is 0.955. The molecule has 1 aliphatic rings. The van der Waals surface area contributed by atoms with E-state index in [1.165, 1.54) is 11.1 Å². The van der Waals surface area contributed by atoms with Gasteiger partial charge in [-0.3, -0.25) is 14.9 Å². The van der Waals surface area contributed by atoms with Crippen molar-refractivity contribution in [1.29, 1.82) is 0 Å². The van der Waals surface area contributed by atoms with Crippen LogP contribution >= 0.6 is 11.6 Å². The molecule has 1 saturated heterocycles. The van der Waals surface area contributed by atoms with Crippen LogP contribution in [0.25, 0.3) is 10.9 Å². The van der Waals surface area contributed by atoms with E-state index in [4.69, 9.17) is 11.6 Å². The Morgan fingerprint density at radius 1 is 1.08 bits per heavy atom. The van der Waals surface area contributed by atoms with Crippen LogP contribution in [-0.2, 0) is 6.54 Å². The third kappa shape index (κ3) is 3.30. The van der Waals surface area contributed by atoms with Crippen LogP contribution in [0, 0.1) is 6.92 Å². The second-order valence-corrected chi connectivity index (χ2v) is 6.78. The number of nitrogens with zero attached hydrogens (tertiary/aromatic N) is 5. The second-order valence-electron chi connectivity index (χ2n) is 6.37. The molecule has 0 unspecified atom stereocenters. The molecule has 128 valence electrons. The van der Waals surface area contributed by atoms with Crippen LogP contribution in [0.3, 0.4) is 0 Å². The topological polar surface area (TPSA) is 45.2 Å². The number of rotatable bonds is 3. The van der Waals surface area contributed by atoms with E-state index in [0.717, 1.165) is 54.5 Å². The molecule has 1 aromatic carbocycles. The van der Waals surface area contributed by atoms with Crippen molar-refractivity contribution in [3.8, 4) is 0 Å². The molecule has 5 nitrogen and oxygen atoms in total. The van der Waals surface area contributed by atoms with Crippen LogP contribution in [0.5, 0.6) is 0 Å². The van der Waals surface area contributed by atoms with Crippen molar-refractivity contribution in [2.75, 3.05) is 31.1 Å². The van der Waals surface area contributed by atoms with E-state index >= 15 is 0 Å². The summed E-state index contributed by atoms with van der Waals surface area (Å²) in [6.07, 6.45) is 7.11. The fraction of sp³-hybridized carbons (Fsp3) is 0.316. The van der Waals surface area contributed by atoms with Gasteiger partial charge in [0.2, 0.25) is 0 Å². The Morgan fingerprint density at radius 2 is 1.92 bits per heavy atom. The van der Waals surface area contributed by atoms with Crippen LogP contribution in [0.4, 0.5) is 5.82 Å². The molecule has 1 aliphatic heterocycles. The molecule has 0 N–H and O–H groups in total. The first-order valence-electron chi connectivity index (χ1n) is 8.48. The minimum Gasteiger partial charge on any atom is -0.353 e. The molecular formula is C19H20ClN5. The molecule has 0 bridgehead atoms. The number of hydrogen-bond acceptors (Lipinski definition) is 5. The molecule has 1 fully saturated rings. The van der Waals surface area contributed by atoms with E-state index in [9.17, 15) is 0 Å². The fourth-order valence-corrected chi connectivity index (χ4v) is 3.67. The Kier molecular flexibility index (Phi) is 4.51. The lowest BCUT2D eigenvalue weighted by atomic mass is 10.0. The lowest BCUT2D eigenvalue weighted by Gasteiger charge is -2.35. The number of benzene rings is 1. The Labute approximate surface area is 152 Å². The summed E-state index contributed by atoms with van der Waals surface area (Å²) in [6, 6.07) is 6.05. The summed E-state index contributed by atoms with van der Waals surface area (Å²) in [6.45, 7) is 6.93. The predicted octanol–water partition coefficient (Wildman–Crippen LogP) is 3.31. The Balaban J connectivity index is 1.49. The molecule has 0 radical (unpaired) electrons. The van der Waals surface area contributed by atoms with Crippen molar-refractivity contribution in [2.45, 2.75) is 13.5 Å². The summed E-state index contributed by atoms with van der Waals surface area (Å²) in [5, 5.41) is 1.81. The normalized spacial score (nSPS) is 15.7. The summed E-state index contributed by atoms with van der Waals surface area (Å²) in [5.41, 5.74) is 3.48. The fourth-order valence-electron chi connectivity index (χ4n) is 3.38. The van der Waals surface area contributed by atoms with Gasteiger partial charge in [0.25, 0.3) is 0 Å². The highest BCUT2D eigenvalue weighted by atomic mass is 35.5. The molecule has 0 atom stereocenters. The van der Waals surface area contributed by atoms with Crippen molar-refractivity contribution in [1.82, 2.24) is 19.9 Å². The van der Waals surface area contributed by atoms with Gasteiger partial charge in [-0.05, 0) is 36.2 Å². The lowest BCUT2D eigenvalue weighted by Crippen LogP contribution is -2.46. The third-order valence-corrected chi connectivity index (χ3v) is 5.16. The van der Waals surface area contributed by atoms with Crippen LogP contribution < -0.4 is 4.90 Å². The molecule has 0 saturated carbocycles. The largest absolute Gasteiger partial charge is 0.353 e. The van der Waals surface area contributed by atoms with Gasteiger partial charge in [0, 0.05) is 56.7 Å². The summed E-state index contributed by atoms with van der Waals surface area (Å²) in [4.78, 5) is 17.8. The second kappa shape index (κ2) is 6.94. The van der Waals surface area contributed by atoms with E-state index in [1.807, 2.05) is 24.5 Å². The van der Waals surface area contributed by atoms with Crippen LogP contribution in [-0.4, -0.2) is 46.0 Å². The molecule has 4 rings (SSSR count). The first-order chi connectivity index (χ1) is 12.2. The average Bonchev–Trinajstić information content (AvgIpc) is 2.67. The van der Waals surface area contributed by atoms with Gasteiger partial charge in [0.15, 0.2) is 0 Å². The zero-order valence-electron chi connectivity index (χ0n) is 14.2. The molecule has 0 spiro atoms. The number of halogens is 1. The van der Waals surface area contributed by atoms with Gasteiger partial charge >= 0.3 is 0 Å². The standard InChI is InChI=1S/C19H20ClN5/c1-14-15(11-17(20)16-3-2-4-23-19(14)16)13-24-7-9-25(10-8-24)18-12-21-5-6-22-18/h2-6,11-12H,7-10,13H2,1H3. The zero-order chi connectivity index (χ0) is 17.2. The molecule has 3 aromatic rings. The highest BCUT2D eigenvalue weighted by Crippen LogP contribution is 2.28. The molecule has 3 heterocycles. The summed E-state index contributed by atoms with van der Waals surface area (Å²) < 4.78 is 0. The lowest BCUT2D eigenvalue weighted by molar-refractivity contribution is 0.249. The number of piperazine rings is 1. The van der Waals surface area contributed by atoms with Crippen LogP contribution in [0.2, 0.25) is 5.02 Å². The van der Waals surface area contributed by atoms with E-state index in [-0.39, 0.29) is 0 Å². The smallest absolute Gasteiger partial charge is 0.147 e. The predicted molar refractivity (Wildman–Crippen MR) is 101 cm³/mol. The first kappa shape index (κ1) is 16.2. The van der Waals surface area contributed by atoms with Gasteiger partial charge in [-0.25, -0.2) is 4.98 Å². The highest BCUT2D eigenvalue weighted by Gasteiger charge is 2.19. The maximum absolute atomic E-state index is 6.47. The summed E-state index contributed by atoms with van der Waals surface area (Å²) in [7, 11) is 0. The van der Waals surface area contributed by atoms with Gasteiger partial charge in [-0.15, -0.1) is 0 Å². The first-order valence-corrected chi connectivity index (χ1v) is 8.86. The molecule has 0 amide bonds. The number of aromatic nitrogens is 3. The Morgan fingerprint density at radius 3 is 2.68 bits per heavy atom. The number of hydrogen-bond donors (Lipinski definition) is 0. The van der Waals surface area contributed by atoms with E-state index in [0.29, 0.717) is 0 Å². The third-order valence-electron chi connectivity index (χ3n) is 4.84. The van der Waals surface area contributed by atoms with Gasteiger partial charge in [0.05, 0.1) is 16.7 Å². The number of fused-ring (bicyclic) bond motifs is 1. The van der Waals surface area contributed by atoms with E-state index in [1.54, 1.807) is 12.4 Å². The monoisotopic (exact) mass is 353 g/mol. The van der Waals surface area contributed by atoms with Crippen molar-refractivity contribution in [2.24, 2.45) is 0 Å². The van der Waals surface area contributed by atoms with Crippen molar-refractivity contribution in [3.05, 3.63) is 59.1 Å². The van der Waals surface area contributed by atoms with Crippen molar-refractivity contribution < 1.29 is 0 Å². The maximum atomic E-state index is 6.47. The molecular weight excluding hydrogens is 334 g/mol. The molecule has 2 aromatic heterocycles. The molecule has 25 heavy (non-hydrogen) atoms. The Hall–Kier alpha value is -2.24. The van der Waals surface area contributed by atoms with Crippen LogP contribution in [0.15, 0.2) is 43.0 Å². The van der Waals surface area contributed by atoms with Gasteiger partial charge in [-0.1, -0.05) is 11.6 Å². The zero-order valence-corrected chi connectivity index (χ0v) is 14.9. The summed E-state index contributed by atoms with van der Waals surface area (Å²) >= 11 is 6.47.